The summed E-state index contributed by atoms with van der Waals surface area (Å²) < 4.78 is 14.7. The molecule has 1 N–H and O–H groups in total. The number of halogens is 1. The molecule has 2 unspecified atom stereocenters. The van der Waals surface area contributed by atoms with Gasteiger partial charge in [-0.15, -0.1) is 0 Å². The van der Waals surface area contributed by atoms with Gasteiger partial charge < -0.3 is 10.0 Å². The molecule has 0 radical (unpaired) electrons. The van der Waals surface area contributed by atoms with Crippen LogP contribution >= 0.6 is 0 Å². The predicted octanol–water partition coefficient (Wildman–Crippen LogP) is 2.69. The summed E-state index contributed by atoms with van der Waals surface area (Å²) in [5, 5.41) is 13.1. The molecule has 2 heterocycles. The molecule has 6 nitrogen and oxygen atoms in total. The number of aromatic carboxylic acids is 1. The van der Waals surface area contributed by atoms with E-state index in [-0.39, 0.29) is 35.2 Å². The molecule has 1 saturated carbocycles. The van der Waals surface area contributed by atoms with Gasteiger partial charge in [0.2, 0.25) is 5.91 Å². The molecule has 1 aliphatic carbocycles. The van der Waals surface area contributed by atoms with Crippen LogP contribution in [0.25, 0.3) is 0 Å². The zero-order chi connectivity index (χ0) is 18.3. The van der Waals surface area contributed by atoms with Gasteiger partial charge in [-0.25, -0.2) is 9.18 Å². The van der Waals surface area contributed by atoms with Gasteiger partial charge >= 0.3 is 5.97 Å². The number of aromatic nitrogens is 2. The summed E-state index contributed by atoms with van der Waals surface area (Å²) in [6.07, 6.45) is 5.26. The lowest BCUT2D eigenvalue weighted by Gasteiger charge is -2.32. The molecule has 136 valence electrons. The number of carbonyl (C=O) groups is 2. The van der Waals surface area contributed by atoms with Crippen LogP contribution in [0.5, 0.6) is 0 Å². The van der Waals surface area contributed by atoms with Gasteiger partial charge in [0.25, 0.3) is 0 Å². The second-order valence-electron chi connectivity index (χ2n) is 7.07. The maximum absolute atomic E-state index is 13.0. The highest BCUT2D eigenvalue weighted by Crippen LogP contribution is 2.48. The average molecular weight is 357 g/mol. The van der Waals surface area contributed by atoms with Gasteiger partial charge in [-0.1, -0.05) is 12.1 Å². The van der Waals surface area contributed by atoms with Gasteiger partial charge in [0.05, 0.1) is 17.8 Å². The Labute approximate surface area is 150 Å². The minimum absolute atomic E-state index is 0.000303. The number of nitrogens with zero attached hydrogens (tertiary/aromatic N) is 3. The third-order valence-electron chi connectivity index (χ3n) is 5.40. The molecule has 2 aromatic rings. The number of hydrogen-bond donors (Lipinski definition) is 1. The SMILES string of the molecule is O=C(O)c1cnn(C2CCN(C(=O)C3CC3c3ccc(F)cc3)CC2)c1. The maximum atomic E-state index is 13.0. The Bertz CT molecular complexity index is 825. The van der Waals surface area contributed by atoms with E-state index < -0.39 is 5.97 Å². The van der Waals surface area contributed by atoms with Crippen molar-refractivity contribution >= 4 is 11.9 Å². The number of likely N-dealkylation sites (tertiary alicyclic amines) is 1. The number of carbonyl (C=O) groups excluding carboxylic acids is 1. The van der Waals surface area contributed by atoms with Crippen LogP contribution in [0.2, 0.25) is 0 Å². The van der Waals surface area contributed by atoms with Gasteiger partial charge in [-0.05, 0) is 42.9 Å². The fraction of sp³-hybridized carbons (Fsp3) is 0.421. The number of carboxylic acids is 1. The van der Waals surface area contributed by atoms with Crippen molar-refractivity contribution in [3.05, 3.63) is 53.6 Å². The number of hydrogen-bond acceptors (Lipinski definition) is 3. The third-order valence-corrected chi connectivity index (χ3v) is 5.40. The van der Waals surface area contributed by atoms with Crippen molar-refractivity contribution in [2.45, 2.75) is 31.2 Å². The number of piperidine rings is 1. The zero-order valence-corrected chi connectivity index (χ0v) is 14.2. The van der Waals surface area contributed by atoms with Crippen LogP contribution < -0.4 is 0 Å². The van der Waals surface area contributed by atoms with E-state index in [0.717, 1.165) is 24.8 Å². The van der Waals surface area contributed by atoms with E-state index in [1.807, 2.05) is 4.90 Å². The van der Waals surface area contributed by atoms with Crippen LogP contribution in [0.15, 0.2) is 36.7 Å². The van der Waals surface area contributed by atoms with Crippen molar-refractivity contribution in [2.24, 2.45) is 5.92 Å². The van der Waals surface area contributed by atoms with E-state index in [4.69, 9.17) is 5.11 Å². The van der Waals surface area contributed by atoms with Crippen molar-refractivity contribution in [3.63, 3.8) is 0 Å². The average Bonchev–Trinajstić information content (AvgIpc) is 3.28. The molecule has 1 amide bonds. The second-order valence-corrected chi connectivity index (χ2v) is 7.07. The fourth-order valence-electron chi connectivity index (χ4n) is 3.78. The summed E-state index contributed by atoms with van der Waals surface area (Å²) in [5.41, 5.74) is 1.21. The number of amides is 1. The van der Waals surface area contributed by atoms with Crippen LogP contribution in [-0.4, -0.2) is 44.8 Å². The first-order chi connectivity index (χ1) is 12.5. The zero-order valence-electron chi connectivity index (χ0n) is 14.2. The predicted molar refractivity (Wildman–Crippen MR) is 91.3 cm³/mol. The first-order valence-electron chi connectivity index (χ1n) is 8.84. The van der Waals surface area contributed by atoms with Gasteiger partial charge in [-0.2, -0.15) is 5.10 Å². The molecule has 2 fully saturated rings. The third kappa shape index (κ3) is 3.21. The van der Waals surface area contributed by atoms with Crippen LogP contribution in [0.1, 0.15) is 47.1 Å². The van der Waals surface area contributed by atoms with Gasteiger partial charge in [0.1, 0.15) is 5.82 Å². The van der Waals surface area contributed by atoms with Gasteiger partial charge in [-0.3, -0.25) is 9.48 Å². The minimum atomic E-state index is -0.982. The van der Waals surface area contributed by atoms with Crippen LogP contribution in [0, 0.1) is 11.7 Å². The molecule has 0 spiro atoms. The Morgan fingerprint density at radius 3 is 2.46 bits per heavy atom. The lowest BCUT2D eigenvalue weighted by Crippen LogP contribution is -2.40. The molecule has 4 rings (SSSR count). The Hall–Kier alpha value is -2.70. The Balaban J connectivity index is 1.32. The summed E-state index contributed by atoms with van der Waals surface area (Å²) in [4.78, 5) is 25.6. The highest BCUT2D eigenvalue weighted by atomic mass is 19.1. The van der Waals surface area contributed by atoms with E-state index in [9.17, 15) is 14.0 Å². The molecule has 1 aliphatic heterocycles. The molecule has 2 atom stereocenters. The molecule has 1 aromatic heterocycles. The molecule has 1 saturated heterocycles. The normalized spacial score (nSPS) is 23.0. The number of rotatable bonds is 4. The van der Waals surface area contributed by atoms with E-state index >= 15 is 0 Å². The van der Waals surface area contributed by atoms with Crippen molar-refractivity contribution in [1.29, 1.82) is 0 Å². The smallest absolute Gasteiger partial charge is 0.338 e. The number of carboxylic acid groups (broad SMARTS) is 1. The van der Waals surface area contributed by atoms with Crippen LogP contribution in [0.3, 0.4) is 0 Å². The Morgan fingerprint density at radius 1 is 1.15 bits per heavy atom. The van der Waals surface area contributed by atoms with E-state index in [1.165, 1.54) is 18.3 Å². The van der Waals surface area contributed by atoms with Crippen LogP contribution in [-0.2, 0) is 4.79 Å². The molecule has 1 aromatic carbocycles. The standard InChI is InChI=1S/C19H20FN3O3/c20-14-3-1-12(2-4-14)16-9-17(16)18(24)22-7-5-15(6-8-22)23-11-13(10-21-23)19(25)26/h1-4,10-11,15-17H,5-9H2,(H,25,26). The maximum Gasteiger partial charge on any atom is 0.338 e. The van der Waals surface area contributed by atoms with Crippen molar-refractivity contribution in [3.8, 4) is 0 Å². The lowest BCUT2D eigenvalue weighted by atomic mass is 10.0. The molecule has 0 bridgehead atoms. The van der Waals surface area contributed by atoms with E-state index in [0.29, 0.717) is 13.1 Å². The van der Waals surface area contributed by atoms with Crippen LogP contribution in [0.4, 0.5) is 4.39 Å². The topological polar surface area (TPSA) is 75.4 Å². The molecular formula is C19H20FN3O3. The summed E-state index contributed by atoms with van der Waals surface area (Å²) in [6, 6.07) is 6.53. The van der Waals surface area contributed by atoms with E-state index in [2.05, 4.69) is 5.10 Å². The van der Waals surface area contributed by atoms with Gasteiger partial charge in [0, 0.05) is 25.2 Å². The largest absolute Gasteiger partial charge is 0.478 e. The summed E-state index contributed by atoms with van der Waals surface area (Å²) in [7, 11) is 0. The molecular weight excluding hydrogens is 337 g/mol. The summed E-state index contributed by atoms with van der Waals surface area (Å²) in [5.74, 6) is -0.872. The highest BCUT2D eigenvalue weighted by Gasteiger charge is 2.46. The van der Waals surface area contributed by atoms with Gasteiger partial charge in [0.15, 0.2) is 0 Å². The lowest BCUT2D eigenvalue weighted by molar-refractivity contribution is -0.134. The minimum Gasteiger partial charge on any atom is -0.478 e. The quantitative estimate of drug-likeness (QED) is 0.913. The van der Waals surface area contributed by atoms with Crippen molar-refractivity contribution in [2.75, 3.05) is 13.1 Å². The van der Waals surface area contributed by atoms with E-state index in [1.54, 1.807) is 23.0 Å². The second kappa shape index (κ2) is 6.55. The Kier molecular flexibility index (Phi) is 4.22. The van der Waals surface area contributed by atoms with Crippen molar-refractivity contribution in [1.82, 2.24) is 14.7 Å². The monoisotopic (exact) mass is 357 g/mol. The molecule has 2 aliphatic rings. The highest BCUT2D eigenvalue weighted by molar-refractivity contribution is 5.86. The molecule has 26 heavy (non-hydrogen) atoms. The first kappa shape index (κ1) is 16.8. The van der Waals surface area contributed by atoms with Crippen molar-refractivity contribution < 1.29 is 19.1 Å². The fourth-order valence-corrected chi connectivity index (χ4v) is 3.78. The Morgan fingerprint density at radius 2 is 1.85 bits per heavy atom. The first-order valence-corrected chi connectivity index (χ1v) is 8.84. The molecule has 7 heteroatoms. The summed E-state index contributed by atoms with van der Waals surface area (Å²) in [6.45, 7) is 1.30. The summed E-state index contributed by atoms with van der Waals surface area (Å²) >= 11 is 0. The number of benzene rings is 1.